The molecule has 0 aliphatic carbocycles. The second-order valence-corrected chi connectivity index (χ2v) is 5.24. The van der Waals surface area contributed by atoms with E-state index in [1.807, 2.05) is 6.92 Å². The monoisotopic (exact) mass is 287 g/mol. The summed E-state index contributed by atoms with van der Waals surface area (Å²) in [6.45, 7) is 6.92. The molecule has 1 N–H and O–H groups in total. The molecular weight excluding hydrogens is 265 g/mol. The molecule has 0 saturated carbocycles. The van der Waals surface area contributed by atoms with Gasteiger partial charge >= 0.3 is 0 Å². The zero-order chi connectivity index (χ0) is 15.4. The van der Waals surface area contributed by atoms with Gasteiger partial charge in [-0.1, -0.05) is 36.8 Å². The van der Waals surface area contributed by atoms with Crippen molar-refractivity contribution >= 4 is 0 Å². The highest BCUT2D eigenvalue weighted by Crippen LogP contribution is 2.29. The molecule has 1 atom stereocenters. The molecule has 112 valence electrons. The number of ether oxygens (including phenoxy) is 1. The zero-order valence-corrected chi connectivity index (χ0v) is 13.0. The van der Waals surface area contributed by atoms with Crippen molar-refractivity contribution in [2.24, 2.45) is 0 Å². The van der Waals surface area contributed by atoms with Crippen LogP contribution in [0.2, 0.25) is 0 Å². The molecule has 0 aromatic heterocycles. The second-order valence-electron chi connectivity index (χ2n) is 5.24. The molecule has 0 aliphatic heterocycles. The lowest BCUT2D eigenvalue weighted by Gasteiger charge is -2.22. The van der Waals surface area contributed by atoms with Crippen molar-refractivity contribution in [3.05, 3.63) is 64.5 Å². The Morgan fingerprint density at radius 2 is 1.81 bits per heavy atom. The van der Waals surface area contributed by atoms with E-state index in [0.717, 1.165) is 17.7 Å². The van der Waals surface area contributed by atoms with E-state index in [1.54, 1.807) is 19.2 Å². The molecule has 0 aliphatic rings. The Labute approximate surface area is 126 Å². The summed E-state index contributed by atoms with van der Waals surface area (Å²) >= 11 is 0. The average molecular weight is 287 g/mol. The summed E-state index contributed by atoms with van der Waals surface area (Å²) in [6.07, 6.45) is 0. The quantitative estimate of drug-likeness (QED) is 0.892. The predicted molar refractivity (Wildman–Crippen MR) is 84.4 cm³/mol. The molecule has 0 radical (unpaired) electrons. The van der Waals surface area contributed by atoms with Crippen molar-refractivity contribution in [2.75, 3.05) is 13.7 Å². The Kier molecular flexibility index (Phi) is 4.97. The van der Waals surface area contributed by atoms with Crippen LogP contribution < -0.4 is 10.1 Å². The average Bonchev–Trinajstić information content (AvgIpc) is 2.46. The Hall–Kier alpha value is -1.87. The van der Waals surface area contributed by atoms with Gasteiger partial charge in [-0.15, -0.1) is 0 Å². The number of rotatable bonds is 5. The van der Waals surface area contributed by atoms with Crippen molar-refractivity contribution in [2.45, 2.75) is 26.8 Å². The van der Waals surface area contributed by atoms with Crippen molar-refractivity contribution in [3.63, 3.8) is 0 Å². The summed E-state index contributed by atoms with van der Waals surface area (Å²) in [4.78, 5) is 0. The highest BCUT2D eigenvalue weighted by Gasteiger charge is 2.19. The van der Waals surface area contributed by atoms with Gasteiger partial charge in [-0.2, -0.15) is 0 Å². The fraction of sp³-hybridized carbons (Fsp3) is 0.333. The van der Waals surface area contributed by atoms with Crippen LogP contribution in [0.5, 0.6) is 5.75 Å². The minimum atomic E-state index is -0.250. The lowest BCUT2D eigenvalue weighted by molar-refractivity contribution is 0.410. The third-order valence-electron chi connectivity index (χ3n) is 3.66. The number of hydrogen-bond donors (Lipinski definition) is 1. The van der Waals surface area contributed by atoms with Crippen LogP contribution in [0.3, 0.4) is 0 Å². The number of halogens is 1. The maximum atomic E-state index is 14.4. The van der Waals surface area contributed by atoms with Gasteiger partial charge < -0.3 is 10.1 Å². The van der Waals surface area contributed by atoms with Crippen molar-refractivity contribution in [3.8, 4) is 5.75 Å². The predicted octanol–water partition coefficient (Wildman–Crippen LogP) is 4.15. The molecule has 1 unspecified atom stereocenters. The minimum Gasteiger partial charge on any atom is -0.497 e. The van der Waals surface area contributed by atoms with Gasteiger partial charge in [-0.3, -0.25) is 0 Å². The van der Waals surface area contributed by atoms with E-state index in [1.165, 1.54) is 11.6 Å². The van der Waals surface area contributed by atoms with Gasteiger partial charge in [0.15, 0.2) is 0 Å². The molecule has 0 bridgehead atoms. The highest BCUT2D eigenvalue weighted by atomic mass is 19.1. The van der Waals surface area contributed by atoms with Crippen LogP contribution in [0.1, 0.15) is 35.2 Å². The number of aryl methyl sites for hydroxylation is 2. The SMILES string of the molecule is CCNC(c1ccc(C)cc1C)c1ccc(OC)cc1F. The van der Waals surface area contributed by atoms with Crippen LogP contribution in [-0.2, 0) is 0 Å². The maximum absolute atomic E-state index is 14.4. The van der Waals surface area contributed by atoms with E-state index in [-0.39, 0.29) is 11.9 Å². The number of hydrogen-bond acceptors (Lipinski definition) is 2. The Balaban J connectivity index is 2.48. The van der Waals surface area contributed by atoms with Crippen LogP contribution in [0, 0.1) is 19.7 Å². The van der Waals surface area contributed by atoms with Gasteiger partial charge in [0.2, 0.25) is 0 Å². The van der Waals surface area contributed by atoms with E-state index in [9.17, 15) is 4.39 Å². The number of benzene rings is 2. The molecule has 2 rings (SSSR count). The fourth-order valence-electron chi connectivity index (χ4n) is 2.61. The number of nitrogens with one attached hydrogen (secondary N) is 1. The van der Waals surface area contributed by atoms with E-state index >= 15 is 0 Å². The van der Waals surface area contributed by atoms with Gasteiger partial charge in [-0.05, 0) is 37.6 Å². The van der Waals surface area contributed by atoms with E-state index < -0.39 is 0 Å². The third-order valence-corrected chi connectivity index (χ3v) is 3.66. The molecular formula is C18H22FNO. The molecule has 21 heavy (non-hydrogen) atoms. The Morgan fingerprint density at radius 1 is 1.10 bits per heavy atom. The van der Waals surface area contributed by atoms with E-state index in [0.29, 0.717) is 11.3 Å². The van der Waals surface area contributed by atoms with Crippen LogP contribution in [0.25, 0.3) is 0 Å². The summed E-state index contributed by atoms with van der Waals surface area (Å²) < 4.78 is 19.5. The van der Waals surface area contributed by atoms with E-state index in [2.05, 4.69) is 37.4 Å². The smallest absolute Gasteiger partial charge is 0.132 e. The highest BCUT2D eigenvalue weighted by molar-refractivity contribution is 5.41. The Bertz CT molecular complexity index is 625. The molecule has 0 fully saturated rings. The van der Waals surface area contributed by atoms with Crippen LogP contribution >= 0.6 is 0 Å². The van der Waals surface area contributed by atoms with Crippen LogP contribution in [0.15, 0.2) is 36.4 Å². The van der Waals surface area contributed by atoms with E-state index in [4.69, 9.17) is 4.74 Å². The van der Waals surface area contributed by atoms with Crippen molar-refractivity contribution in [1.29, 1.82) is 0 Å². The molecule has 0 spiro atoms. The van der Waals surface area contributed by atoms with Gasteiger partial charge in [0.1, 0.15) is 11.6 Å². The summed E-state index contributed by atoms with van der Waals surface area (Å²) in [5.74, 6) is 0.285. The summed E-state index contributed by atoms with van der Waals surface area (Å²) in [5.41, 5.74) is 4.12. The van der Waals surface area contributed by atoms with Gasteiger partial charge in [0, 0.05) is 11.6 Å². The topological polar surface area (TPSA) is 21.3 Å². The van der Waals surface area contributed by atoms with Crippen molar-refractivity contribution in [1.82, 2.24) is 5.32 Å². The second kappa shape index (κ2) is 6.72. The minimum absolute atomic E-state index is 0.151. The molecule has 2 aromatic carbocycles. The van der Waals surface area contributed by atoms with Gasteiger partial charge in [0.25, 0.3) is 0 Å². The third kappa shape index (κ3) is 3.42. The maximum Gasteiger partial charge on any atom is 0.132 e. The van der Waals surface area contributed by atoms with Crippen LogP contribution in [-0.4, -0.2) is 13.7 Å². The molecule has 0 heterocycles. The fourth-order valence-corrected chi connectivity index (χ4v) is 2.61. The molecule has 0 amide bonds. The number of methoxy groups -OCH3 is 1. The molecule has 3 heteroatoms. The largest absolute Gasteiger partial charge is 0.497 e. The lowest BCUT2D eigenvalue weighted by Crippen LogP contribution is -2.23. The zero-order valence-electron chi connectivity index (χ0n) is 13.0. The first-order valence-electron chi connectivity index (χ1n) is 7.20. The standard InChI is InChI=1S/C18H22FNO/c1-5-20-18(15-8-6-12(2)10-13(15)3)16-9-7-14(21-4)11-17(16)19/h6-11,18,20H,5H2,1-4H3. The normalized spacial score (nSPS) is 12.2. The molecule has 0 saturated heterocycles. The first-order chi connectivity index (χ1) is 10.1. The van der Waals surface area contributed by atoms with Crippen molar-refractivity contribution < 1.29 is 9.13 Å². The van der Waals surface area contributed by atoms with Gasteiger partial charge in [0.05, 0.1) is 13.2 Å². The first-order valence-corrected chi connectivity index (χ1v) is 7.20. The van der Waals surface area contributed by atoms with Gasteiger partial charge in [-0.25, -0.2) is 4.39 Å². The first kappa shape index (κ1) is 15.5. The summed E-state index contributed by atoms with van der Waals surface area (Å²) in [7, 11) is 1.54. The lowest BCUT2D eigenvalue weighted by atomic mass is 9.93. The van der Waals surface area contributed by atoms with Crippen LogP contribution in [0.4, 0.5) is 4.39 Å². The summed E-state index contributed by atoms with van der Waals surface area (Å²) in [6, 6.07) is 11.1. The molecule has 2 nitrogen and oxygen atoms in total. The summed E-state index contributed by atoms with van der Waals surface area (Å²) in [5, 5.41) is 3.37. The molecule has 2 aromatic rings. The Morgan fingerprint density at radius 3 is 2.38 bits per heavy atom.